The number of nitrogens with zero attached hydrogens (tertiary/aromatic N) is 1. The number of aromatic amines is 1. The third kappa shape index (κ3) is 3.67. The second-order valence-corrected chi connectivity index (χ2v) is 9.29. The van der Waals surface area contributed by atoms with E-state index in [2.05, 4.69) is 15.6 Å². The number of likely N-dealkylation sites (tertiary alicyclic amines) is 1. The lowest BCUT2D eigenvalue weighted by molar-refractivity contribution is -0.129. The molecule has 3 aliphatic rings. The van der Waals surface area contributed by atoms with Gasteiger partial charge < -0.3 is 25.3 Å². The fourth-order valence-corrected chi connectivity index (χ4v) is 5.79. The number of aldehydes is 1. The fourth-order valence-electron chi connectivity index (χ4n) is 5.79. The number of nitrogens with one attached hydrogen (secondary N) is 3. The van der Waals surface area contributed by atoms with Crippen LogP contribution in [-0.2, 0) is 14.4 Å². The summed E-state index contributed by atoms with van der Waals surface area (Å²) in [6.07, 6.45) is 4.61. The number of rotatable bonds is 6. The van der Waals surface area contributed by atoms with E-state index >= 15 is 0 Å². The Morgan fingerprint density at radius 1 is 1.22 bits per heavy atom. The van der Waals surface area contributed by atoms with Gasteiger partial charge in [-0.25, -0.2) is 0 Å². The first-order valence-electron chi connectivity index (χ1n) is 11.5. The lowest BCUT2D eigenvalue weighted by Gasteiger charge is -2.28. The van der Waals surface area contributed by atoms with E-state index in [4.69, 9.17) is 0 Å². The molecule has 32 heavy (non-hydrogen) atoms. The van der Waals surface area contributed by atoms with Gasteiger partial charge >= 0.3 is 0 Å². The predicted molar refractivity (Wildman–Crippen MR) is 118 cm³/mol. The van der Waals surface area contributed by atoms with Gasteiger partial charge in [-0.15, -0.1) is 0 Å². The summed E-state index contributed by atoms with van der Waals surface area (Å²) >= 11 is 0. The van der Waals surface area contributed by atoms with Crippen LogP contribution in [0.2, 0.25) is 0 Å². The minimum absolute atomic E-state index is 0.0709. The van der Waals surface area contributed by atoms with Gasteiger partial charge in [0.25, 0.3) is 5.91 Å². The van der Waals surface area contributed by atoms with Crippen LogP contribution in [0.15, 0.2) is 30.3 Å². The third-order valence-electron chi connectivity index (χ3n) is 7.37. The quantitative estimate of drug-likeness (QED) is 0.598. The van der Waals surface area contributed by atoms with Crippen LogP contribution in [0.1, 0.15) is 42.6 Å². The molecular formula is C24H28N4O4. The van der Waals surface area contributed by atoms with Crippen LogP contribution >= 0.6 is 0 Å². The molecule has 1 aliphatic carbocycles. The normalized spacial score (nSPS) is 27.9. The van der Waals surface area contributed by atoms with Crippen molar-refractivity contribution < 1.29 is 19.2 Å². The Hall–Kier alpha value is -3.16. The molecule has 1 aromatic carbocycles. The minimum atomic E-state index is -0.734. The predicted octanol–water partition coefficient (Wildman–Crippen LogP) is 1.62. The Morgan fingerprint density at radius 3 is 2.81 bits per heavy atom. The van der Waals surface area contributed by atoms with Gasteiger partial charge in [0, 0.05) is 29.9 Å². The van der Waals surface area contributed by atoms with Gasteiger partial charge in [-0.3, -0.25) is 14.4 Å². The van der Waals surface area contributed by atoms with Crippen molar-refractivity contribution in [1.82, 2.24) is 20.5 Å². The van der Waals surface area contributed by atoms with Crippen molar-refractivity contribution in [1.29, 1.82) is 0 Å². The SMILES string of the molecule is O=C[C@H](C[C@@H]1CCNC1=O)NC(=O)[C@H]1C2CCCC2CN1C(=O)c1cc2ccccc2[nH]1. The summed E-state index contributed by atoms with van der Waals surface area (Å²) < 4.78 is 0. The molecule has 5 atom stereocenters. The first-order valence-corrected chi connectivity index (χ1v) is 11.5. The highest BCUT2D eigenvalue weighted by Gasteiger charge is 2.50. The van der Waals surface area contributed by atoms with E-state index in [1.54, 1.807) is 4.90 Å². The molecule has 2 unspecified atom stereocenters. The fraction of sp³-hybridized carbons (Fsp3) is 0.500. The Bertz CT molecular complexity index is 1030. The molecule has 2 aromatic rings. The standard InChI is InChI=1S/C24H28N4O4/c29-13-17(10-15-8-9-25-22(15)30)26-23(31)21-18-6-3-5-16(18)12-28(21)24(32)20-11-14-4-1-2-7-19(14)27-20/h1-2,4,7,11,13,15-18,21,27H,3,5-6,8-10,12H2,(H,25,30)(H,26,31)/t15-,16?,17-,18?,21+/m0/s1. The Labute approximate surface area is 186 Å². The maximum atomic E-state index is 13.4. The molecule has 1 aromatic heterocycles. The van der Waals surface area contributed by atoms with Crippen molar-refractivity contribution >= 4 is 34.9 Å². The summed E-state index contributed by atoms with van der Waals surface area (Å²) in [5.41, 5.74) is 1.35. The monoisotopic (exact) mass is 436 g/mol. The Balaban J connectivity index is 1.35. The number of para-hydroxylation sites is 1. The average molecular weight is 437 g/mol. The molecule has 2 saturated heterocycles. The van der Waals surface area contributed by atoms with Crippen LogP contribution in [0.3, 0.4) is 0 Å². The molecule has 3 heterocycles. The van der Waals surface area contributed by atoms with Crippen LogP contribution in [0.4, 0.5) is 0 Å². The third-order valence-corrected chi connectivity index (χ3v) is 7.37. The lowest BCUT2D eigenvalue weighted by atomic mass is 9.92. The van der Waals surface area contributed by atoms with Gasteiger partial charge in [-0.1, -0.05) is 24.6 Å². The van der Waals surface area contributed by atoms with E-state index in [0.29, 0.717) is 37.4 Å². The molecule has 0 bridgehead atoms. The highest BCUT2D eigenvalue weighted by atomic mass is 16.2. The van der Waals surface area contributed by atoms with Gasteiger partial charge in [-0.05, 0) is 49.7 Å². The number of carbonyl (C=O) groups is 4. The largest absolute Gasteiger partial charge is 0.356 e. The zero-order valence-electron chi connectivity index (χ0n) is 17.9. The maximum absolute atomic E-state index is 13.4. The summed E-state index contributed by atoms with van der Waals surface area (Å²) in [5, 5.41) is 6.56. The van der Waals surface area contributed by atoms with E-state index in [0.717, 1.165) is 30.2 Å². The van der Waals surface area contributed by atoms with Crippen LogP contribution in [0.25, 0.3) is 10.9 Å². The lowest BCUT2D eigenvalue weighted by Crippen LogP contribution is -2.52. The Morgan fingerprint density at radius 2 is 2.06 bits per heavy atom. The molecule has 2 aliphatic heterocycles. The first kappa shape index (κ1) is 20.7. The number of fused-ring (bicyclic) bond motifs is 2. The molecule has 3 N–H and O–H groups in total. The van der Waals surface area contributed by atoms with Gasteiger partial charge in [0.05, 0.1) is 6.04 Å². The summed E-state index contributed by atoms with van der Waals surface area (Å²) in [4.78, 5) is 55.2. The van der Waals surface area contributed by atoms with Crippen LogP contribution in [0.5, 0.6) is 0 Å². The smallest absolute Gasteiger partial charge is 0.271 e. The van der Waals surface area contributed by atoms with Crippen molar-refractivity contribution in [2.75, 3.05) is 13.1 Å². The Kier molecular flexibility index (Phi) is 5.45. The first-order chi connectivity index (χ1) is 15.5. The van der Waals surface area contributed by atoms with E-state index in [1.165, 1.54) is 0 Å². The number of benzene rings is 1. The van der Waals surface area contributed by atoms with Crippen molar-refractivity contribution in [3.05, 3.63) is 36.0 Å². The highest BCUT2D eigenvalue weighted by Crippen LogP contribution is 2.43. The summed E-state index contributed by atoms with van der Waals surface area (Å²) in [6.45, 7) is 1.15. The van der Waals surface area contributed by atoms with E-state index < -0.39 is 12.1 Å². The molecule has 5 rings (SSSR count). The van der Waals surface area contributed by atoms with Gasteiger partial charge in [0.15, 0.2) is 0 Å². The number of amides is 3. The number of hydrogen-bond acceptors (Lipinski definition) is 4. The van der Waals surface area contributed by atoms with Crippen LogP contribution < -0.4 is 10.6 Å². The minimum Gasteiger partial charge on any atom is -0.356 e. The summed E-state index contributed by atoms with van der Waals surface area (Å²) in [5.74, 6) is -0.413. The zero-order chi connectivity index (χ0) is 22.2. The number of carbonyl (C=O) groups excluding carboxylic acids is 4. The van der Waals surface area contributed by atoms with Gasteiger partial charge in [-0.2, -0.15) is 0 Å². The molecule has 8 nitrogen and oxygen atoms in total. The van der Waals surface area contributed by atoms with Crippen molar-refractivity contribution in [2.45, 2.75) is 44.2 Å². The molecule has 3 amide bonds. The van der Waals surface area contributed by atoms with Crippen molar-refractivity contribution in [3.8, 4) is 0 Å². The topological polar surface area (TPSA) is 111 Å². The zero-order valence-corrected chi connectivity index (χ0v) is 17.9. The molecule has 0 radical (unpaired) electrons. The maximum Gasteiger partial charge on any atom is 0.271 e. The molecule has 8 heteroatoms. The van der Waals surface area contributed by atoms with Gasteiger partial charge in [0.1, 0.15) is 18.0 Å². The number of hydrogen-bond donors (Lipinski definition) is 3. The van der Waals surface area contributed by atoms with Crippen molar-refractivity contribution in [3.63, 3.8) is 0 Å². The van der Waals surface area contributed by atoms with E-state index in [1.807, 2.05) is 30.3 Å². The van der Waals surface area contributed by atoms with E-state index in [-0.39, 0.29) is 36.0 Å². The number of aromatic nitrogens is 1. The summed E-state index contributed by atoms with van der Waals surface area (Å²) in [6, 6.07) is 8.19. The van der Waals surface area contributed by atoms with Gasteiger partial charge in [0.2, 0.25) is 11.8 Å². The van der Waals surface area contributed by atoms with Crippen LogP contribution in [-0.4, -0.2) is 59.1 Å². The molecule has 1 saturated carbocycles. The average Bonchev–Trinajstić information content (AvgIpc) is 3.56. The molecule has 0 spiro atoms. The number of H-pyrrole nitrogens is 1. The van der Waals surface area contributed by atoms with Crippen LogP contribution in [0, 0.1) is 17.8 Å². The second kappa shape index (κ2) is 8.41. The van der Waals surface area contributed by atoms with E-state index in [9.17, 15) is 19.2 Å². The molecular weight excluding hydrogens is 408 g/mol. The second-order valence-electron chi connectivity index (χ2n) is 9.29. The highest BCUT2D eigenvalue weighted by molar-refractivity contribution is 6.01. The van der Waals surface area contributed by atoms with Crippen molar-refractivity contribution in [2.24, 2.45) is 17.8 Å². The molecule has 3 fully saturated rings. The molecule has 168 valence electrons. The summed E-state index contributed by atoms with van der Waals surface area (Å²) in [7, 11) is 0.